The molecule has 0 aliphatic carbocycles. The summed E-state index contributed by atoms with van der Waals surface area (Å²) in [5.41, 5.74) is 6.38. The Morgan fingerprint density at radius 3 is 2.34 bits per heavy atom. The van der Waals surface area contributed by atoms with E-state index < -0.39 is 10.0 Å². The number of benzene rings is 3. The van der Waals surface area contributed by atoms with E-state index in [-0.39, 0.29) is 23.4 Å². The van der Waals surface area contributed by atoms with Crippen molar-refractivity contribution in [3.05, 3.63) is 82.9 Å². The second kappa shape index (κ2) is 8.43. The Bertz CT molecular complexity index is 1300. The molecular formula is C26H28N2O3S. The molecule has 1 heterocycles. The van der Waals surface area contributed by atoms with E-state index in [1.165, 1.54) is 4.31 Å². The van der Waals surface area contributed by atoms with Gasteiger partial charge in [0.15, 0.2) is 0 Å². The Morgan fingerprint density at radius 2 is 1.62 bits per heavy atom. The van der Waals surface area contributed by atoms with Gasteiger partial charge >= 0.3 is 0 Å². The summed E-state index contributed by atoms with van der Waals surface area (Å²) in [5.74, 6) is -0.327. The lowest BCUT2D eigenvalue weighted by atomic mass is 9.97. The van der Waals surface area contributed by atoms with Crippen LogP contribution in [0.15, 0.2) is 65.6 Å². The largest absolute Gasteiger partial charge is 0.348 e. The van der Waals surface area contributed by atoms with E-state index in [9.17, 15) is 13.2 Å². The highest BCUT2D eigenvalue weighted by Crippen LogP contribution is 2.43. The van der Waals surface area contributed by atoms with Crippen molar-refractivity contribution < 1.29 is 13.2 Å². The number of aryl methyl sites for hydroxylation is 3. The molecule has 4 rings (SSSR count). The third-order valence-electron chi connectivity index (χ3n) is 6.00. The minimum atomic E-state index is -3.85. The molecule has 5 nitrogen and oxygen atoms in total. The van der Waals surface area contributed by atoms with E-state index >= 15 is 0 Å². The van der Waals surface area contributed by atoms with Crippen LogP contribution in [0.1, 0.15) is 41.6 Å². The number of anilines is 1. The van der Waals surface area contributed by atoms with Crippen LogP contribution in [0, 0.1) is 20.8 Å². The number of amides is 1. The molecule has 3 aromatic rings. The molecule has 1 aliphatic rings. The van der Waals surface area contributed by atoms with E-state index in [0.717, 1.165) is 27.8 Å². The first kappa shape index (κ1) is 22.1. The summed E-state index contributed by atoms with van der Waals surface area (Å²) in [6.45, 7) is 7.78. The summed E-state index contributed by atoms with van der Waals surface area (Å²) >= 11 is 0. The predicted octanol–water partition coefficient (Wildman–Crippen LogP) is 5.06. The number of sulfonamides is 1. The standard InChI is InChI=1S/C26H28N2O3S/c1-5-23(20-12-10-17(2)14-19(20)4)27-26(29)16-28-24-13-11-18(3)15-22(24)21-8-6-7-9-25(21)32(28,30)31/h6-15,23H,5,16H2,1-4H3,(H,27,29)/t23-/m0/s1. The fraction of sp³-hybridized carbons (Fsp3) is 0.269. The van der Waals surface area contributed by atoms with Gasteiger partial charge in [-0.15, -0.1) is 0 Å². The van der Waals surface area contributed by atoms with E-state index in [1.54, 1.807) is 18.2 Å². The molecule has 1 amide bonds. The van der Waals surface area contributed by atoms with Crippen molar-refractivity contribution in [2.45, 2.75) is 45.1 Å². The normalized spacial score (nSPS) is 14.9. The zero-order valence-electron chi connectivity index (χ0n) is 18.8. The fourth-order valence-corrected chi connectivity index (χ4v) is 6.05. The molecule has 32 heavy (non-hydrogen) atoms. The van der Waals surface area contributed by atoms with Gasteiger partial charge in [0.2, 0.25) is 5.91 Å². The second-order valence-corrected chi connectivity index (χ2v) is 10.2. The lowest BCUT2D eigenvalue weighted by Crippen LogP contribution is -2.43. The van der Waals surface area contributed by atoms with Gasteiger partial charge in [-0.25, -0.2) is 8.42 Å². The van der Waals surface area contributed by atoms with Gasteiger partial charge in [-0.05, 0) is 56.5 Å². The molecule has 0 fully saturated rings. The Kier molecular flexibility index (Phi) is 5.82. The van der Waals surface area contributed by atoms with Crippen LogP contribution in [0.2, 0.25) is 0 Å². The molecular weight excluding hydrogens is 420 g/mol. The molecule has 166 valence electrons. The van der Waals surface area contributed by atoms with Crippen LogP contribution in [-0.2, 0) is 14.8 Å². The van der Waals surface area contributed by atoms with E-state index in [1.807, 2.05) is 64.1 Å². The summed E-state index contributed by atoms with van der Waals surface area (Å²) in [5, 5.41) is 3.05. The van der Waals surface area contributed by atoms with Crippen molar-refractivity contribution in [2.75, 3.05) is 10.8 Å². The van der Waals surface area contributed by atoms with E-state index in [2.05, 4.69) is 11.4 Å². The van der Waals surface area contributed by atoms with Crippen molar-refractivity contribution in [3.63, 3.8) is 0 Å². The molecule has 1 N–H and O–H groups in total. The van der Waals surface area contributed by atoms with Gasteiger partial charge in [0.25, 0.3) is 10.0 Å². The highest BCUT2D eigenvalue weighted by Gasteiger charge is 2.36. The zero-order valence-corrected chi connectivity index (χ0v) is 19.7. The minimum Gasteiger partial charge on any atom is -0.348 e. The molecule has 0 unspecified atom stereocenters. The third-order valence-corrected chi connectivity index (χ3v) is 7.82. The first-order valence-corrected chi connectivity index (χ1v) is 12.3. The summed E-state index contributed by atoms with van der Waals surface area (Å²) < 4.78 is 28.1. The summed E-state index contributed by atoms with van der Waals surface area (Å²) in [6.07, 6.45) is 0.709. The number of hydrogen-bond donors (Lipinski definition) is 1. The second-order valence-electron chi connectivity index (χ2n) is 8.42. The maximum Gasteiger partial charge on any atom is 0.265 e. The molecule has 6 heteroatoms. The Balaban J connectivity index is 1.67. The van der Waals surface area contributed by atoms with Crippen molar-refractivity contribution in [2.24, 2.45) is 0 Å². The molecule has 0 aromatic heterocycles. The van der Waals surface area contributed by atoms with Gasteiger partial charge in [-0.3, -0.25) is 9.10 Å². The molecule has 0 saturated heterocycles. The van der Waals surface area contributed by atoms with Gasteiger partial charge < -0.3 is 5.32 Å². The molecule has 1 aliphatic heterocycles. The van der Waals surface area contributed by atoms with Crippen LogP contribution in [0.5, 0.6) is 0 Å². The lowest BCUT2D eigenvalue weighted by molar-refractivity contribution is -0.120. The number of nitrogens with one attached hydrogen (secondary N) is 1. The maximum atomic E-state index is 13.5. The van der Waals surface area contributed by atoms with Crippen molar-refractivity contribution >= 4 is 21.6 Å². The van der Waals surface area contributed by atoms with Crippen molar-refractivity contribution in [3.8, 4) is 11.1 Å². The average molecular weight is 449 g/mol. The highest BCUT2D eigenvalue weighted by molar-refractivity contribution is 7.93. The van der Waals surface area contributed by atoms with Gasteiger partial charge in [0.05, 0.1) is 16.6 Å². The van der Waals surface area contributed by atoms with Crippen LogP contribution in [0.25, 0.3) is 11.1 Å². The van der Waals surface area contributed by atoms with E-state index in [4.69, 9.17) is 0 Å². The van der Waals surface area contributed by atoms with Crippen LogP contribution in [0.4, 0.5) is 5.69 Å². The Labute approximate surface area is 190 Å². The molecule has 0 radical (unpaired) electrons. The van der Waals surface area contributed by atoms with E-state index in [0.29, 0.717) is 17.7 Å². The van der Waals surface area contributed by atoms with Crippen LogP contribution in [0.3, 0.4) is 0 Å². The smallest absolute Gasteiger partial charge is 0.265 e. The number of carbonyl (C=O) groups is 1. The number of fused-ring (bicyclic) bond motifs is 3. The quantitative estimate of drug-likeness (QED) is 0.594. The first-order chi connectivity index (χ1) is 15.2. The Hall–Kier alpha value is -3.12. The molecule has 0 saturated carbocycles. The number of nitrogens with zero attached hydrogens (tertiary/aromatic N) is 1. The van der Waals surface area contributed by atoms with Crippen LogP contribution >= 0.6 is 0 Å². The average Bonchev–Trinajstić information content (AvgIpc) is 2.75. The van der Waals surface area contributed by atoms with Gasteiger partial charge in [-0.1, -0.05) is 60.5 Å². The SMILES string of the molecule is CC[C@H](NC(=O)CN1c2ccc(C)cc2-c2ccccc2S1(=O)=O)c1ccc(C)cc1C. The summed E-state index contributed by atoms with van der Waals surface area (Å²) in [6, 6.07) is 18.6. The van der Waals surface area contributed by atoms with Crippen molar-refractivity contribution in [1.82, 2.24) is 5.32 Å². The monoisotopic (exact) mass is 448 g/mol. The number of hydrogen-bond acceptors (Lipinski definition) is 3. The lowest BCUT2D eigenvalue weighted by Gasteiger charge is -2.32. The van der Waals surface area contributed by atoms with Crippen molar-refractivity contribution in [1.29, 1.82) is 0 Å². The minimum absolute atomic E-state index is 0.180. The highest BCUT2D eigenvalue weighted by atomic mass is 32.2. The fourth-order valence-electron chi connectivity index (χ4n) is 4.40. The summed E-state index contributed by atoms with van der Waals surface area (Å²) in [4.78, 5) is 13.3. The van der Waals surface area contributed by atoms with Crippen LogP contribution in [-0.4, -0.2) is 20.9 Å². The molecule has 1 atom stereocenters. The first-order valence-electron chi connectivity index (χ1n) is 10.8. The zero-order chi connectivity index (χ0) is 23.0. The Morgan fingerprint density at radius 1 is 0.938 bits per heavy atom. The maximum absolute atomic E-state index is 13.5. The summed E-state index contributed by atoms with van der Waals surface area (Å²) in [7, 11) is -3.85. The van der Waals surface area contributed by atoms with Gasteiger partial charge in [0, 0.05) is 11.1 Å². The molecule has 3 aromatic carbocycles. The molecule has 0 bridgehead atoms. The van der Waals surface area contributed by atoms with Crippen LogP contribution < -0.4 is 9.62 Å². The number of rotatable bonds is 5. The number of carbonyl (C=O) groups excluding carboxylic acids is 1. The molecule has 0 spiro atoms. The topological polar surface area (TPSA) is 66.5 Å². The van der Waals surface area contributed by atoms with Gasteiger partial charge in [-0.2, -0.15) is 0 Å². The predicted molar refractivity (Wildman–Crippen MR) is 128 cm³/mol. The van der Waals surface area contributed by atoms with Gasteiger partial charge in [0.1, 0.15) is 6.54 Å². The third kappa shape index (κ3) is 3.91.